The summed E-state index contributed by atoms with van der Waals surface area (Å²) in [5, 5.41) is 21.7. The molecule has 1 heterocycles. The highest BCUT2D eigenvalue weighted by atomic mass is 16.7. The van der Waals surface area contributed by atoms with Crippen molar-refractivity contribution in [2.24, 2.45) is 0 Å². The summed E-state index contributed by atoms with van der Waals surface area (Å²) in [6.07, 6.45) is -5.50. The van der Waals surface area contributed by atoms with Crippen LogP contribution in [0.25, 0.3) is 0 Å². The van der Waals surface area contributed by atoms with Crippen LogP contribution in [0.5, 0.6) is 0 Å². The largest absolute Gasteiger partial charge is 0.387 e. The third-order valence-corrected chi connectivity index (χ3v) is 2.55. The van der Waals surface area contributed by atoms with Crippen molar-refractivity contribution < 1.29 is 29.2 Å². The lowest BCUT2D eigenvalue weighted by molar-refractivity contribution is -0.287. The Balaban J connectivity index is 2.85. The number of nitrogens with one attached hydrogen (secondary N) is 1. The zero-order valence-electron chi connectivity index (χ0n) is 9.41. The molecule has 1 saturated heterocycles. The molecule has 7 nitrogen and oxygen atoms in total. The molecular weight excluding hydrogens is 218 g/mol. The molecule has 3 N–H and O–H groups in total. The van der Waals surface area contributed by atoms with Gasteiger partial charge in [-0.15, -0.1) is 0 Å². The number of hydrogen-bond donors (Lipinski definition) is 3. The Labute approximate surface area is 93.3 Å². The number of carbonyl (C=O) groups is 1. The van der Waals surface area contributed by atoms with E-state index in [9.17, 15) is 15.0 Å². The Morgan fingerprint density at radius 1 is 1.25 bits per heavy atom. The number of hydrogen-bond acceptors (Lipinski definition) is 6. The zero-order valence-corrected chi connectivity index (χ0v) is 9.41. The smallest absolute Gasteiger partial charge is 0.251 e. The van der Waals surface area contributed by atoms with E-state index in [0.29, 0.717) is 0 Å². The molecule has 94 valence electrons. The van der Waals surface area contributed by atoms with Crippen molar-refractivity contribution in [3.63, 3.8) is 0 Å². The van der Waals surface area contributed by atoms with Gasteiger partial charge in [-0.05, 0) is 0 Å². The lowest BCUT2D eigenvalue weighted by Gasteiger charge is -2.40. The molecule has 1 aliphatic rings. The first kappa shape index (κ1) is 13.3. The van der Waals surface area contributed by atoms with Gasteiger partial charge in [0.1, 0.15) is 18.3 Å². The molecule has 16 heavy (non-hydrogen) atoms. The standard InChI is InChI=1S/C9H17NO6/c1-10-8(13)7-6(14-2)4(11)5(12)9(15-3)16-7/h4-7,9,11-12H,1-3H3,(H,10,13)/t4-,5+,6+,7?,9+/m1/s1. The SMILES string of the molecule is CNC(=O)C1O[C@H](OC)[C@@H](O)[C@@H](O)[C@@H]1OC. The first-order valence-corrected chi connectivity index (χ1v) is 4.85. The van der Waals surface area contributed by atoms with Crippen LogP contribution in [0.1, 0.15) is 0 Å². The van der Waals surface area contributed by atoms with E-state index in [-0.39, 0.29) is 0 Å². The summed E-state index contributed by atoms with van der Waals surface area (Å²) in [4.78, 5) is 11.5. The molecule has 7 heteroatoms. The second kappa shape index (κ2) is 5.55. The van der Waals surface area contributed by atoms with E-state index >= 15 is 0 Å². The molecule has 0 aliphatic carbocycles. The molecule has 0 aromatic heterocycles. The predicted octanol–water partition coefficient (Wildman–Crippen LogP) is -2.16. The fraction of sp³-hybridized carbons (Fsp3) is 0.889. The first-order valence-electron chi connectivity index (χ1n) is 4.85. The summed E-state index contributed by atoms with van der Waals surface area (Å²) < 4.78 is 15.0. The van der Waals surface area contributed by atoms with Gasteiger partial charge in [0, 0.05) is 21.3 Å². The summed E-state index contributed by atoms with van der Waals surface area (Å²) >= 11 is 0. The van der Waals surface area contributed by atoms with E-state index < -0.39 is 36.6 Å². The molecule has 1 unspecified atom stereocenters. The average Bonchev–Trinajstić information content (AvgIpc) is 2.31. The summed E-state index contributed by atoms with van der Waals surface area (Å²) in [5.74, 6) is -0.445. The van der Waals surface area contributed by atoms with Crippen molar-refractivity contribution in [3.8, 4) is 0 Å². The van der Waals surface area contributed by atoms with Gasteiger partial charge in [0.05, 0.1) is 0 Å². The highest BCUT2D eigenvalue weighted by Gasteiger charge is 2.47. The topological polar surface area (TPSA) is 97.3 Å². The Hall–Kier alpha value is -0.730. The molecule has 0 radical (unpaired) electrons. The van der Waals surface area contributed by atoms with Crippen LogP contribution in [0, 0.1) is 0 Å². The van der Waals surface area contributed by atoms with Crippen LogP contribution < -0.4 is 5.32 Å². The van der Waals surface area contributed by atoms with Crippen molar-refractivity contribution in [1.29, 1.82) is 0 Å². The third-order valence-electron chi connectivity index (χ3n) is 2.55. The van der Waals surface area contributed by atoms with E-state index in [2.05, 4.69) is 5.32 Å². The molecule has 0 aromatic carbocycles. The lowest BCUT2D eigenvalue weighted by atomic mass is 9.98. The van der Waals surface area contributed by atoms with Crippen molar-refractivity contribution in [3.05, 3.63) is 0 Å². The Bertz CT molecular complexity index is 248. The maximum absolute atomic E-state index is 11.5. The van der Waals surface area contributed by atoms with Crippen molar-refractivity contribution in [2.75, 3.05) is 21.3 Å². The maximum atomic E-state index is 11.5. The predicted molar refractivity (Wildman–Crippen MR) is 52.5 cm³/mol. The van der Waals surface area contributed by atoms with Gasteiger partial charge in [-0.2, -0.15) is 0 Å². The molecular formula is C9H17NO6. The minimum Gasteiger partial charge on any atom is -0.387 e. The molecule has 5 atom stereocenters. The van der Waals surface area contributed by atoms with E-state index in [1.54, 1.807) is 0 Å². The van der Waals surface area contributed by atoms with Crippen molar-refractivity contribution in [1.82, 2.24) is 5.32 Å². The quantitative estimate of drug-likeness (QED) is 0.515. The Morgan fingerprint density at radius 3 is 2.31 bits per heavy atom. The van der Waals surface area contributed by atoms with Crippen LogP contribution in [-0.4, -0.2) is 68.1 Å². The van der Waals surface area contributed by atoms with Gasteiger partial charge in [-0.25, -0.2) is 0 Å². The molecule has 1 rings (SSSR count). The van der Waals surface area contributed by atoms with Gasteiger partial charge in [0.2, 0.25) is 0 Å². The van der Waals surface area contributed by atoms with Gasteiger partial charge in [0.25, 0.3) is 5.91 Å². The van der Waals surface area contributed by atoms with Crippen LogP contribution in [0.4, 0.5) is 0 Å². The van der Waals surface area contributed by atoms with Crippen LogP contribution in [-0.2, 0) is 19.0 Å². The number of likely N-dealkylation sites (N-methyl/N-ethyl adjacent to an activating group) is 1. The summed E-state index contributed by atoms with van der Waals surface area (Å²) in [5.41, 5.74) is 0. The number of aliphatic hydroxyl groups is 2. The maximum Gasteiger partial charge on any atom is 0.251 e. The van der Waals surface area contributed by atoms with Gasteiger partial charge < -0.3 is 29.7 Å². The minimum atomic E-state index is -1.25. The number of methoxy groups -OCH3 is 2. The van der Waals surface area contributed by atoms with E-state index in [1.165, 1.54) is 21.3 Å². The normalized spacial score (nSPS) is 39.4. The van der Waals surface area contributed by atoms with Crippen LogP contribution in [0.3, 0.4) is 0 Å². The van der Waals surface area contributed by atoms with Crippen LogP contribution in [0.2, 0.25) is 0 Å². The lowest BCUT2D eigenvalue weighted by Crippen LogP contribution is -2.62. The van der Waals surface area contributed by atoms with E-state index in [1.807, 2.05) is 0 Å². The van der Waals surface area contributed by atoms with Crippen LogP contribution in [0.15, 0.2) is 0 Å². The fourth-order valence-corrected chi connectivity index (χ4v) is 1.65. The average molecular weight is 235 g/mol. The number of aliphatic hydroxyl groups excluding tert-OH is 2. The van der Waals surface area contributed by atoms with Gasteiger partial charge in [-0.3, -0.25) is 4.79 Å². The third kappa shape index (κ3) is 2.33. The number of ether oxygens (including phenoxy) is 3. The number of carbonyl (C=O) groups excluding carboxylic acids is 1. The Morgan fingerprint density at radius 2 is 1.88 bits per heavy atom. The van der Waals surface area contributed by atoms with E-state index in [4.69, 9.17) is 14.2 Å². The summed E-state index contributed by atoms with van der Waals surface area (Å²) in [7, 11) is 4.08. The molecule has 1 aliphatic heterocycles. The molecule has 0 aromatic rings. The molecule has 1 amide bonds. The number of rotatable bonds is 3. The zero-order chi connectivity index (χ0) is 12.3. The molecule has 1 fully saturated rings. The molecule has 0 bridgehead atoms. The van der Waals surface area contributed by atoms with Crippen LogP contribution >= 0.6 is 0 Å². The second-order valence-corrected chi connectivity index (χ2v) is 3.46. The highest BCUT2D eigenvalue weighted by molar-refractivity contribution is 5.81. The highest BCUT2D eigenvalue weighted by Crippen LogP contribution is 2.23. The van der Waals surface area contributed by atoms with E-state index in [0.717, 1.165) is 0 Å². The molecule has 0 saturated carbocycles. The monoisotopic (exact) mass is 235 g/mol. The molecule has 0 spiro atoms. The Kier molecular flexibility index (Phi) is 4.63. The first-order chi connectivity index (χ1) is 7.56. The van der Waals surface area contributed by atoms with Gasteiger partial charge in [0.15, 0.2) is 12.4 Å². The minimum absolute atomic E-state index is 0.445. The van der Waals surface area contributed by atoms with Crippen molar-refractivity contribution in [2.45, 2.75) is 30.7 Å². The number of amides is 1. The summed E-state index contributed by atoms with van der Waals surface area (Å²) in [6, 6.07) is 0. The second-order valence-electron chi connectivity index (χ2n) is 3.46. The van der Waals surface area contributed by atoms with Crippen molar-refractivity contribution >= 4 is 5.91 Å². The van der Waals surface area contributed by atoms with Gasteiger partial charge in [-0.1, -0.05) is 0 Å². The van der Waals surface area contributed by atoms with Gasteiger partial charge >= 0.3 is 0 Å². The summed E-state index contributed by atoms with van der Waals surface area (Å²) in [6.45, 7) is 0. The fourth-order valence-electron chi connectivity index (χ4n) is 1.65.